The fourth-order valence-corrected chi connectivity index (χ4v) is 2.08. The summed E-state index contributed by atoms with van der Waals surface area (Å²) < 4.78 is 0. The third-order valence-electron chi connectivity index (χ3n) is 3.14. The van der Waals surface area contributed by atoms with Crippen LogP contribution in [0.5, 0.6) is 0 Å². The molecule has 0 saturated carbocycles. The highest BCUT2D eigenvalue weighted by Crippen LogP contribution is 2.23. The number of nitrogens with zero attached hydrogens (tertiary/aromatic N) is 1. The Kier molecular flexibility index (Phi) is 6.47. The van der Waals surface area contributed by atoms with Gasteiger partial charge in [-0.1, -0.05) is 58.6 Å². The summed E-state index contributed by atoms with van der Waals surface area (Å²) in [6.07, 6.45) is 4.58. The van der Waals surface area contributed by atoms with Crippen molar-refractivity contribution in [1.82, 2.24) is 10.3 Å². The van der Waals surface area contributed by atoms with Crippen molar-refractivity contribution < 1.29 is 4.79 Å². The Morgan fingerprint density at radius 3 is 2.55 bits per heavy atom. The average Bonchev–Trinajstić information content (AvgIpc) is 2.36. The summed E-state index contributed by atoms with van der Waals surface area (Å²) in [5.41, 5.74) is 1.30. The molecule has 0 aromatic carbocycles. The quantitative estimate of drug-likeness (QED) is 0.626. The second-order valence-electron chi connectivity index (χ2n) is 6.13. The summed E-state index contributed by atoms with van der Waals surface area (Å²) in [5.74, 6) is -0.0729. The molecule has 0 spiro atoms. The van der Waals surface area contributed by atoms with Gasteiger partial charge in [-0.05, 0) is 18.6 Å². The number of carbonyl (C=O) groups is 1. The molecule has 20 heavy (non-hydrogen) atoms. The standard InChI is InChI=1S/C16H25ClN2O/c1-5-6-7-8-9-18-15(20)12-10-13(16(2,3)4)19-14(17)11-12/h10-11H,5-9H2,1-4H3,(H,18,20). The summed E-state index contributed by atoms with van der Waals surface area (Å²) in [4.78, 5) is 16.4. The van der Waals surface area contributed by atoms with Gasteiger partial charge >= 0.3 is 0 Å². The van der Waals surface area contributed by atoms with Gasteiger partial charge in [0.1, 0.15) is 5.15 Å². The lowest BCUT2D eigenvalue weighted by Crippen LogP contribution is -2.25. The minimum absolute atomic E-state index is 0.0729. The normalized spacial score (nSPS) is 11.4. The van der Waals surface area contributed by atoms with Crippen molar-refractivity contribution in [2.45, 2.75) is 58.8 Å². The summed E-state index contributed by atoms with van der Waals surface area (Å²) in [6.45, 7) is 9.05. The van der Waals surface area contributed by atoms with Crippen molar-refractivity contribution in [3.63, 3.8) is 0 Å². The topological polar surface area (TPSA) is 42.0 Å². The molecule has 0 aliphatic rings. The van der Waals surface area contributed by atoms with Gasteiger partial charge in [-0.25, -0.2) is 4.98 Å². The van der Waals surface area contributed by atoms with Crippen molar-refractivity contribution in [3.05, 3.63) is 28.5 Å². The number of hydrogen-bond acceptors (Lipinski definition) is 2. The molecule has 1 aromatic heterocycles. The van der Waals surface area contributed by atoms with Gasteiger partial charge < -0.3 is 5.32 Å². The number of aromatic nitrogens is 1. The average molecular weight is 297 g/mol. The van der Waals surface area contributed by atoms with Crippen molar-refractivity contribution >= 4 is 17.5 Å². The van der Waals surface area contributed by atoms with Crippen LogP contribution in [0.25, 0.3) is 0 Å². The largest absolute Gasteiger partial charge is 0.352 e. The van der Waals surface area contributed by atoms with Crippen LogP contribution in [0.2, 0.25) is 5.15 Å². The predicted octanol–water partition coefficient (Wildman–Crippen LogP) is 4.34. The first-order valence-electron chi connectivity index (χ1n) is 7.31. The molecular weight excluding hydrogens is 272 g/mol. The van der Waals surface area contributed by atoms with Gasteiger partial charge in [0.05, 0.1) is 0 Å². The molecule has 0 fully saturated rings. The van der Waals surface area contributed by atoms with E-state index in [0.29, 0.717) is 17.3 Å². The zero-order valence-electron chi connectivity index (χ0n) is 12.9. The Morgan fingerprint density at radius 2 is 1.95 bits per heavy atom. The Labute approximate surface area is 127 Å². The molecule has 0 saturated heterocycles. The maximum absolute atomic E-state index is 12.1. The van der Waals surface area contributed by atoms with E-state index < -0.39 is 0 Å². The SMILES string of the molecule is CCCCCCNC(=O)c1cc(Cl)nc(C(C)(C)C)c1. The molecule has 0 bridgehead atoms. The molecular formula is C16H25ClN2O. The van der Waals surface area contributed by atoms with Crippen LogP contribution in [-0.2, 0) is 5.41 Å². The molecule has 0 radical (unpaired) electrons. The second kappa shape index (κ2) is 7.63. The van der Waals surface area contributed by atoms with Crippen molar-refractivity contribution in [1.29, 1.82) is 0 Å². The van der Waals surface area contributed by atoms with Crippen LogP contribution in [0.15, 0.2) is 12.1 Å². The first kappa shape index (κ1) is 17.0. The summed E-state index contributed by atoms with van der Waals surface area (Å²) >= 11 is 6.01. The van der Waals surface area contributed by atoms with Gasteiger partial charge in [-0.3, -0.25) is 4.79 Å². The highest BCUT2D eigenvalue weighted by Gasteiger charge is 2.18. The van der Waals surface area contributed by atoms with Gasteiger partial charge in [0.25, 0.3) is 5.91 Å². The molecule has 0 unspecified atom stereocenters. The molecule has 4 heteroatoms. The third-order valence-corrected chi connectivity index (χ3v) is 3.33. The van der Waals surface area contributed by atoms with Crippen molar-refractivity contribution in [3.8, 4) is 0 Å². The molecule has 1 heterocycles. The third kappa shape index (κ3) is 5.49. The van der Waals surface area contributed by atoms with Gasteiger partial charge in [0, 0.05) is 23.2 Å². The van der Waals surface area contributed by atoms with E-state index in [0.717, 1.165) is 18.5 Å². The van der Waals surface area contributed by atoms with Crippen LogP contribution < -0.4 is 5.32 Å². The number of pyridine rings is 1. The molecule has 3 nitrogen and oxygen atoms in total. The number of rotatable bonds is 6. The first-order valence-corrected chi connectivity index (χ1v) is 7.68. The number of nitrogens with one attached hydrogen (secondary N) is 1. The van der Waals surface area contributed by atoms with Gasteiger partial charge in [-0.15, -0.1) is 0 Å². The Bertz CT molecular complexity index is 452. The molecule has 1 amide bonds. The highest BCUT2D eigenvalue weighted by molar-refractivity contribution is 6.29. The number of hydrogen-bond donors (Lipinski definition) is 1. The second-order valence-corrected chi connectivity index (χ2v) is 6.52. The Morgan fingerprint density at radius 1 is 1.25 bits per heavy atom. The van der Waals surface area contributed by atoms with E-state index in [4.69, 9.17) is 11.6 Å². The lowest BCUT2D eigenvalue weighted by molar-refractivity contribution is 0.0952. The van der Waals surface area contributed by atoms with E-state index in [1.807, 2.05) is 6.07 Å². The van der Waals surface area contributed by atoms with E-state index >= 15 is 0 Å². The number of unbranched alkanes of at least 4 members (excludes halogenated alkanes) is 3. The van der Waals surface area contributed by atoms with E-state index in [1.54, 1.807) is 6.07 Å². The monoisotopic (exact) mass is 296 g/mol. The van der Waals surface area contributed by atoms with E-state index in [1.165, 1.54) is 12.8 Å². The van der Waals surface area contributed by atoms with Crippen LogP contribution >= 0.6 is 11.6 Å². The fraction of sp³-hybridized carbons (Fsp3) is 0.625. The van der Waals surface area contributed by atoms with Crippen LogP contribution in [0.4, 0.5) is 0 Å². The molecule has 1 rings (SSSR count). The van der Waals surface area contributed by atoms with E-state index in [2.05, 4.69) is 38.0 Å². The van der Waals surface area contributed by atoms with Crippen LogP contribution in [0.1, 0.15) is 69.4 Å². The minimum Gasteiger partial charge on any atom is -0.352 e. The Balaban J connectivity index is 2.66. The molecule has 0 aliphatic carbocycles. The molecule has 0 aliphatic heterocycles. The smallest absolute Gasteiger partial charge is 0.251 e. The lowest BCUT2D eigenvalue weighted by Gasteiger charge is -2.18. The van der Waals surface area contributed by atoms with Gasteiger partial charge in [0.15, 0.2) is 0 Å². The van der Waals surface area contributed by atoms with Gasteiger partial charge in [-0.2, -0.15) is 0 Å². The Hall–Kier alpha value is -1.09. The molecule has 112 valence electrons. The van der Waals surface area contributed by atoms with Crippen LogP contribution in [0.3, 0.4) is 0 Å². The van der Waals surface area contributed by atoms with E-state index in [9.17, 15) is 4.79 Å². The fourth-order valence-electron chi connectivity index (χ4n) is 1.87. The maximum Gasteiger partial charge on any atom is 0.251 e. The summed E-state index contributed by atoms with van der Waals surface area (Å²) in [6, 6.07) is 3.45. The van der Waals surface area contributed by atoms with Gasteiger partial charge in [0.2, 0.25) is 0 Å². The number of halogens is 1. The molecule has 0 atom stereocenters. The van der Waals surface area contributed by atoms with Crippen molar-refractivity contribution in [2.75, 3.05) is 6.54 Å². The molecule has 1 N–H and O–H groups in total. The summed E-state index contributed by atoms with van der Waals surface area (Å²) in [7, 11) is 0. The number of carbonyl (C=O) groups excluding carboxylic acids is 1. The number of amides is 1. The predicted molar refractivity (Wildman–Crippen MR) is 84.4 cm³/mol. The van der Waals surface area contributed by atoms with E-state index in [-0.39, 0.29) is 11.3 Å². The zero-order valence-corrected chi connectivity index (χ0v) is 13.7. The maximum atomic E-state index is 12.1. The highest BCUT2D eigenvalue weighted by atomic mass is 35.5. The molecule has 1 aromatic rings. The van der Waals surface area contributed by atoms with Crippen molar-refractivity contribution in [2.24, 2.45) is 0 Å². The minimum atomic E-state index is -0.124. The van der Waals surface area contributed by atoms with Crippen LogP contribution in [0, 0.1) is 0 Å². The summed E-state index contributed by atoms with van der Waals surface area (Å²) in [5, 5.41) is 3.31. The van der Waals surface area contributed by atoms with Crippen LogP contribution in [-0.4, -0.2) is 17.4 Å². The first-order chi connectivity index (χ1) is 9.34. The zero-order chi connectivity index (χ0) is 15.2. The lowest BCUT2D eigenvalue weighted by atomic mass is 9.91.